The molecule has 2 heterocycles. The highest BCUT2D eigenvalue weighted by Gasteiger charge is 2.26. The Kier molecular flexibility index (Phi) is 42.8. The smallest absolute Gasteiger partial charge is 0.267 e. The molecule has 1 aliphatic carbocycles. The third-order valence-corrected chi connectivity index (χ3v) is 19.6. The van der Waals surface area contributed by atoms with Crippen molar-refractivity contribution in [2.75, 3.05) is 52.9 Å². The summed E-state index contributed by atoms with van der Waals surface area (Å²) in [6.45, 7) is 26.7. The normalized spacial score (nSPS) is 12.2. The maximum Gasteiger partial charge on any atom is 0.267 e. The number of benzene rings is 4. The molecule has 0 aliphatic heterocycles. The summed E-state index contributed by atoms with van der Waals surface area (Å²) < 4.78 is 77.3. The van der Waals surface area contributed by atoms with Gasteiger partial charge in [-0.15, -0.1) is 0 Å². The number of nitrogens with zero attached hydrogens (tertiary/aromatic N) is 4. The Morgan fingerprint density at radius 3 is 0.840 bits per heavy atom. The summed E-state index contributed by atoms with van der Waals surface area (Å²) >= 11 is 0. The first-order valence-electron chi connectivity index (χ1n) is 39.1. The van der Waals surface area contributed by atoms with E-state index in [1.54, 1.807) is 0 Å². The Bertz CT molecular complexity index is 2940. The van der Waals surface area contributed by atoms with Crippen molar-refractivity contribution >= 4 is 15.6 Å². The Morgan fingerprint density at radius 1 is 0.330 bits per heavy atom. The highest BCUT2D eigenvalue weighted by Crippen LogP contribution is 2.42. The van der Waals surface area contributed by atoms with E-state index >= 15 is 0 Å². The Hall–Kier alpha value is -5.28. The van der Waals surface area contributed by atoms with E-state index < -0.39 is 15.6 Å². The molecule has 6 aromatic rings. The number of hydrogen-bond donors (Lipinski definition) is 0. The Labute approximate surface area is 604 Å². The minimum atomic E-state index is -4.00. The molecule has 4 aromatic carbocycles. The first-order chi connectivity index (χ1) is 48.7. The summed E-state index contributed by atoms with van der Waals surface area (Å²) in [5, 5.41) is 0. The number of phosphoric acid groups is 2. The lowest BCUT2D eigenvalue weighted by molar-refractivity contribution is -0.696. The van der Waals surface area contributed by atoms with E-state index in [1.807, 2.05) is 27.7 Å². The van der Waals surface area contributed by atoms with Crippen LogP contribution >= 0.6 is 15.6 Å². The molecular formula is C82H130N4O12P2. The zero-order chi connectivity index (χ0) is 72.1. The molecular weight excluding hydrogens is 1290 g/mol. The van der Waals surface area contributed by atoms with Crippen LogP contribution in [0.25, 0.3) is 11.4 Å². The van der Waals surface area contributed by atoms with E-state index in [4.69, 9.17) is 18.9 Å². The first-order valence-corrected chi connectivity index (χ1v) is 42.0. The molecule has 0 saturated carbocycles. The fourth-order valence-electron chi connectivity index (χ4n) is 12.1. The zero-order valence-electron chi connectivity index (χ0n) is 63.5. The lowest BCUT2D eigenvalue weighted by Crippen LogP contribution is -2.30. The van der Waals surface area contributed by atoms with Gasteiger partial charge in [-0.25, -0.2) is 18.3 Å². The van der Waals surface area contributed by atoms with Gasteiger partial charge in [0.25, 0.3) is 15.6 Å². The SMILES string of the molecule is CCCCCCCCCC[n+]1ccn(-c2cc3c(OCCC)c(c2)Cc2cccc(c2OCCC)Cc2cc(-n4cc[n+](CCCCCCCCCC)c4)cc(c2OCCC)Cc2cccc(c2OCCC)C3)c1.CCCCOP(=O)([O-])OCCCC.CCCCOP(=O)([O-])OCCCC. The van der Waals surface area contributed by atoms with E-state index in [2.05, 4.69) is 176 Å². The largest absolute Gasteiger partial charge is 0.756 e. The van der Waals surface area contributed by atoms with Crippen LogP contribution in [0.4, 0.5) is 0 Å². The van der Waals surface area contributed by atoms with Crippen molar-refractivity contribution in [3.63, 3.8) is 0 Å². The highest BCUT2D eigenvalue weighted by molar-refractivity contribution is 7.46. The van der Waals surface area contributed by atoms with E-state index in [1.165, 1.54) is 125 Å². The number of aromatic nitrogens is 4. The Balaban J connectivity index is 0.000000581. The monoisotopic (exact) mass is 1420 g/mol. The third-order valence-electron chi connectivity index (χ3n) is 17.6. The summed E-state index contributed by atoms with van der Waals surface area (Å²) in [5.74, 6) is 3.88. The summed E-state index contributed by atoms with van der Waals surface area (Å²) in [5.41, 5.74) is 11.6. The number of hydrogen-bond acceptors (Lipinski definition) is 12. The second-order valence-corrected chi connectivity index (χ2v) is 29.6. The lowest BCUT2D eigenvalue weighted by atomic mass is 9.90. The summed E-state index contributed by atoms with van der Waals surface area (Å²) in [6, 6.07) is 23.0. The van der Waals surface area contributed by atoms with Crippen molar-refractivity contribution < 1.29 is 65.1 Å². The molecule has 560 valence electrons. The van der Waals surface area contributed by atoms with Crippen molar-refractivity contribution in [3.8, 4) is 34.4 Å². The van der Waals surface area contributed by atoms with Crippen LogP contribution in [0.15, 0.2) is 98.1 Å². The average molecular weight is 1430 g/mol. The number of imidazole rings is 2. The van der Waals surface area contributed by atoms with Gasteiger partial charge in [0.2, 0.25) is 12.7 Å². The summed E-state index contributed by atoms with van der Waals surface area (Å²) in [4.78, 5) is 21.9. The summed E-state index contributed by atoms with van der Waals surface area (Å²) in [7, 11) is -8.00. The van der Waals surface area contributed by atoms with E-state index in [9.17, 15) is 18.9 Å². The molecule has 0 radical (unpaired) electrons. The zero-order valence-corrected chi connectivity index (χ0v) is 65.3. The molecule has 1 aliphatic rings. The molecule has 0 fully saturated rings. The molecule has 7 rings (SSSR count). The standard InChI is InChI=1S/C66H94N4O4.2C8H19O4P/c1-7-13-15-17-19-21-23-25-33-67-35-37-69(51-67)61-47-57-43-53-29-27-31-55(63(53)71-39-9-3)45-59-49-62(70-38-36-68(52-70)34-26-24-22-20-18-16-14-8-2)50-60(66(59)74-42-12-6)46-56-32-28-30-54(64(56)72-40-10-4)44-58(48-61)65(57)73-41-11-5;2*1-3-5-7-11-13(9,10)12-8-6-4-2/h27-32,35-38,47-52H,7-26,33-34,39-46H2,1-6H3;2*3-8H2,1-2H3,(H,9,10)/q+2;;/p-2. The van der Waals surface area contributed by atoms with Gasteiger partial charge >= 0.3 is 0 Å². The van der Waals surface area contributed by atoms with E-state index in [0.29, 0.717) is 52.1 Å². The highest BCUT2D eigenvalue weighted by atomic mass is 31.2. The van der Waals surface area contributed by atoms with Crippen LogP contribution in [0.5, 0.6) is 23.0 Å². The maximum atomic E-state index is 11.0. The fourth-order valence-corrected chi connectivity index (χ4v) is 13.6. The number of aryl methyl sites for hydroxylation is 2. The van der Waals surface area contributed by atoms with Crippen LogP contribution in [0.1, 0.15) is 294 Å². The van der Waals surface area contributed by atoms with Crippen molar-refractivity contribution in [2.45, 2.75) is 288 Å². The number of fused-ring (bicyclic) bond motifs is 8. The van der Waals surface area contributed by atoms with Crippen molar-refractivity contribution in [2.24, 2.45) is 0 Å². The average Bonchev–Trinajstić information content (AvgIpc) is 1.06. The second kappa shape index (κ2) is 50.2. The van der Waals surface area contributed by atoms with Crippen LogP contribution in [0.2, 0.25) is 0 Å². The molecule has 0 amide bonds. The van der Waals surface area contributed by atoms with Crippen LogP contribution in [0, 0.1) is 0 Å². The predicted octanol–water partition coefficient (Wildman–Crippen LogP) is 20.1. The number of phosphoric ester groups is 2. The third kappa shape index (κ3) is 31.8. The van der Waals surface area contributed by atoms with Gasteiger partial charge in [0.05, 0.1) is 65.9 Å². The van der Waals surface area contributed by atoms with Crippen molar-refractivity contribution in [1.29, 1.82) is 0 Å². The lowest BCUT2D eigenvalue weighted by Gasteiger charge is -2.23. The van der Waals surface area contributed by atoms with Crippen LogP contribution in [-0.2, 0) is 66.0 Å². The number of unbranched alkanes of at least 4 members (excludes halogenated alkanes) is 18. The first kappa shape index (κ1) is 85.4. The topological polar surface area (TPSA) is 172 Å². The molecule has 18 heteroatoms. The predicted molar refractivity (Wildman–Crippen MR) is 403 cm³/mol. The quantitative estimate of drug-likeness (QED) is 0.0201. The molecule has 0 N–H and O–H groups in total. The van der Waals surface area contributed by atoms with Gasteiger partial charge in [0, 0.05) is 47.9 Å². The minimum Gasteiger partial charge on any atom is -0.756 e. The molecule has 0 unspecified atom stereocenters. The molecule has 0 saturated heterocycles. The van der Waals surface area contributed by atoms with E-state index in [-0.39, 0.29) is 26.4 Å². The number of rotatable bonds is 48. The van der Waals surface area contributed by atoms with Crippen LogP contribution in [0.3, 0.4) is 0 Å². The Morgan fingerprint density at radius 2 is 0.580 bits per heavy atom. The molecule has 8 bridgehead atoms. The second-order valence-electron chi connectivity index (χ2n) is 26.8. The van der Waals surface area contributed by atoms with Crippen LogP contribution in [-0.4, -0.2) is 62.0 Å². The fraction of sp³-hybridized carbons (Fsp3) is 0.634. The van der Waals surface area contributed by atoms with E-state index in [0.717, 1.165) is 147 Å². The number of para-hydroxylation sites is 2. The van der Waals surface area contributed by atoms with Gasteiger partial charge in [-0.3, -0.25) is 9.13 Å². The molecule has 2 aromatic heterocycles. The molecule has 100 heavy (non-hydrogen) atoms. The van der Waals surface area contributed by atoms with Gasteiger partial charge in [0.1, 0.15) is 59.2 Å². The molecule has 16 nitrogen and oxygen atoms in total. The summed E-state index contributed by atoms with van der Waals surface area (Å²) in [6.07, 6.45) is 47.5. The molecule has 0 atom stereocenters. The number of ether oxygens (including phenoxy) is 4. The maximum absolute atomic E-state index is 11.0. The molecule has 0 spiro atoms. The van der Waals surface area contributed by atoms with Gasteiger partial charge in [-0.1, -0.05) is 208 Å². The van der Waals surface area contributed by atoms with Gasteiger partial charge in [-0.2, -0.15) is 0 Å². The van der Waals surface area contributed by atoms with Crippen molar-refractivity contribution in [1.82, 2.24) is 9.13 Å². The van der Waals surface area contributed by atoms with Gasteiger partial charge in [0.15, 0.2) is 0 Å². The van der Waals surface area contributed by atoms with Crippen molar-refractivity contribution in [3.05, 3.63) is 143 Å². The minimum absolute atomic E-state index is 0.226. The van der Waals surface area contributed by atoms with Gasteiger partial charge in [-0.05, 0) is 124 Å². The van der Waals surface area contributed by atoms with Crippen LogP contribution < -0.4 is 37.9 Å². The van der Waals surface area contributed by atoms with Gasteiger partial charge < -0.3 is 46.8 Å².